The Morgan fingerprint density at radius 3 is 2.43 bits per heavy atom. The van der Waals surface area contributed by atoms with Crippen LogP contribution in [-0.2, 0) is 14.3 Å². The molecule has 1 spiro atoms. The van der Waals surface area contributed by atoms with Gasteiger partial charge >= 0.3 is 0 Å². The Labute approximate surface area is 165 Å². The molecule has 4 rings (SSSR count). The lowest BCUT2D eigenvalue weighted by Gasteiger charge is -2.47. The van der Waals surface area contributed by atoms with Crippen molar-refractivity contribution in [2.24, 2.45) is 5.92 Å². The summed E-state index contributed by atoms with van der Waals surface area (Å²) >= 11 is 0. The van der Waals surface area contributed by atoms with E-state index in [0.29, 0.717) is 0 Å². The molecule has 1 saturated carbocycles. The topological polar surface area (TPSA) is 116 Å². The average Bonchev–Trinajstić information content (AvgIpc) is 3.50. The number of carboxylic acid groups (broad SMARTS) is 2. The van der Waals surface area contributed by atoms with Gasteiger partial charge in [-0.15, -0.1) is 0 Å². The second-order valence-electron chi connectivity index (χ2n) is 7.37. The smallest absolute Gasteiger partial charge is 0.290 e. The molecule has 0 radical (unpaired) electrons. The lowest BCUT2D eigenvalue weighted by Crippen LogP contribution is -2.57. The number of anilines is 1. The Bertz CT molecular complexity index is 612. The fourth-order valence-corrected chi connectivity index (χ4v) is 3.77. The number of likely N-dealkylation sites (tertiary alicyclic amines) is 1. The molecule has 9 nitrogen and oxygen atoms in total. The van der Waals surface area contributed by atoms with Crippen LogP contribution in [0.3, 0.4) is 0 Å². The molecule has 0 amide bonds. The number of piperidine rings is 1. The van der Waals surface area contributed by atoms with Crippen LogP contribution in [0.2, 0.25) is 0 Å². The number of hydrogen-bond acceptors (Lipinski definition) is 7. The van der Waals surface area contributed by atoms with Gasteiger partial charge in [-0.2, -0.15) is 0 Å². The van der Waals surface area contributed by atoms with E-state index in [9.17, 15) is 0 Å². The fraction of sp³-hybridized carbons (Fsp3) is 0.684. The quantitative estimate of drug-likeness (QED) is 0.731. The molecule has 2 aliphatic heterocycles. The molecule has 28 heavy (non-hydrogen) atoms. The Kier molecular flexibility index (Phi) is 8.59. The van der Waals surface area contributed by atoms with E-state index >= 15 is 0 Å². The maximum absolute atomic E-state index is 8.36. The Morgan fingerprint density at radius 1 is 1.21 bits per heavy atom. The highest BCUT2D eigenvalue weighted by Crippen LogP contribution is 2.35. The minimum atomic E-state index is -0.250. The van der Waals surface area contributed by atoms with Crippen molar-refractivity contribution in [2.45, 2.75) is 38.2 Å². The summed E-state index contributed by atoms with van der Waals surface area (Å²) in [4.78, 5) is 30.5. The minimum Gasteiger partial charge on any atom is -0.483 e. The summed E-state index contributed by atoms with van der Waals surface area (Å²) in [6, 6.07) is 2.02. The molecular formula is C19H30N4O5. The normalized spacial score (nSPS) is 21.0. The van der Waals surface area contributed by atoms with Crippen LogP contribution in [-0.4, -0.2) is 83.0 Å². The highest BCUT2D eigenvalue weighted by molar-refractivity contribution is 5.38. The van der Waals surface area contributed by atoms with Crippen molar-refractivity contribution < 1.29 is 24.5 Å². The van der Waals surface area contributed by atoms with Gasteiger partial charge in [0.05, 0.1) is 12.2 Å². The Hall–Kier alpha value is -2.26. The third-order valence-electron chi connectivity index (χ3n) is 5.31. The number of hydrogen-bond donors (Lipinski definition) is 2. The van der Waals surface area contributed by atoms with Gasteiger partial charge in [0.1, 0.15) is 11.6 Å². The summed E-state index contributed by atoms with van der Waals surface area (Å²) in [6.45, 7) is 7.86. The van der Waals surface area contributed by atoms with Gasteiger partial charge < -0.3 is 24.7 Å². The first-order chi connectivity index (χ1) is 13.6. The maximum atomic E-state index is 8.36. The molecule has 0 atom stereocenters. The van der Waals surface area contributed by atoms with Crippen molar-refractivity contribution in [1.29, 1.82) is 0 Å². The van der Waals surface area contributed by atoms with E-state index in [1.54, 1.807) is 0 Å². The first-order valence-electron chi connectivity index (χ1n) is 9.62. The number of ether oxygens (including phenoxy) is 1. The largest absolute Gasteiger partial charge is 0.483 e. The maximum Gasteiger partial charge on any atom is 0.290 e. The molecule has 0 unspecified atom stereocenters. The number of rotatable bonds is 3. The van der Waals surface area contributed by atoms with Gasteiger partial charge in [-0.05, 0) is 44.6 Å². The standard InChI is InChI=1S/C17H26N4O.2CH2O2/c1-14-18-7-4-16(19-14)21-10-11-22-17(13-21)5-8-20(9-6-17)12-15-2-3-15;2*2-1-3/h4,7,15H,2-3,5-6,8-13H2,1H3;2*1H,(H,2,3). The second-order valence-corrected chi connectivity index (χ2v) is 7.37. The van der Waals surface area contributed by atoms with Gasteiger partial charge in [-0.1, -0.05) is 0 Å². The van der Waals surface area contributed by atoms with Gasteiger partial charge in [-0.25, -0.2) is 9.97 Å². The first kappa shape index (κ1) is 22.0. The van der Waals surface area contributed by atoms with Crippen molar-refractivity contribution in [2.75, 3.05) is 44.2 Å². The summed E-state index contributed by atoms with van der Waals surface area (Å²) in [5.74, 6) is 2.88. The van der Waals surface area contributed by atoms with E-state index < -0.39 is 0 Å². The lowest BCUT2D eigenvalue weighted by atomic mass is 9.89. The van der Waals surface area contributed by atoms with E-state index in [1.807, 2.05) is 19.2 Å². The third kappa shape index (κ3) is 6.72. The highest BCUT2D eigenvalue weighted by Gasteiger charge is 2.40. The van der Waals surface area contributed by atoms with Crippen molar-refractivity contribution >= 4 is 18.8 Å². The predicted molar refractivity (Wildman–Crippen MR) is 103 cm³/mol. The van der Waals surface area contributed by atoms with Gasteiger partial charge in [0.2, 0.25) is 0 Å². The molecule has 1 aromatic heterocycles. The average molecular weight is 394 g/mol. The third-order valence-corrected chi connectivity index (χ3v) is 5.31. The van der Waals surface area contributed by atoms with Crippen LogP contribution in [0.15, 0.2) is 12.3 Å². The monoisotopic (exact) mass is 394 g/mol. The summed E-state index contributed by atoms with van der Waals surface area (Å²) in [7, 11) is 0. The molecule has 0 bridgehead atoms. The molecule has 0 aromatic carbocycles. The molecule has 9 heteroatoms. The number of nitrogens with zero attached hydrogens (tertiary/aromatic N) is 4. The van der Waals surface area contributed by atoms with Gasteiger partial charge in [-0.3, -0.25) is 9.59 Å². The zero-order valence-electron chi connectivity index (χ0n) is 16.4. The van der Waals surface area contributed by atoms with Crippen molar-refractivity contribution in [3.8, 4) is 0 Å². The number of aryl methyl sites for hydroxylation is 1. The van der Waals surface area contributed by atoms with Gasteiger partial charge in [0.15, 0.2) is 0 Å². The number of aromatic nitrogens is 2. The van der Waals surface area contributed by atoms with Crippen molar-refractivity contribution in [3.05, 3.63) is 18.1 Å². The summed E-state index contributed by atoms with van der Waals surface area (Å²) in [6.07, 6.45) is 7.05. The van der Waals surface area contributed by atoms with Crippen LogP contribution < -0.4 is 4.90 Å². The molecule has 3 heterocycles. The van der Waals surface area contributed by atoms with E-state index in [-0.39, 0.29) is 18.5 Å². The van der Waals surface area contributed by atoms with E-state index in [1.165, 1.54) is 32.5 Å². The first-order valence-corrected chi connectivity index (χ1v) is 9.62. The van der Waals surface area contributed by atoms with Gasteiger partial charge in [0, 0.05) is 38.9 Å². The SMILES string of the molecule is Cc1nccc(N2CCOC3(CCN(CC4CC4)CC3)C2)n1.O=CO.O=CO. The molecule has 1 aromatic rings. The summed E-state index contributed by atoms with van der Waals surface area (Å²) in [5, 5.41) is 13.8. The van der Waals surface area contributed by atoms with E-state index in [4.69, 9.17) is 24.5 Å². The summed E-state index contributed by atoms with van der Waals surface area (Å²) < 4.78 is 6.25. The van der Waals surface area contributed by atoms with E-state index in [2.05, 4.69) is 19.8 Å². The number of carbonyl (C=O) groups is 2. The molecule has 3 fully saturated rings. The fourth-order valence-electron chi connectivity index (χ4n) is 3.77. The molecular weight excluding hydrogens is 364 g/mol. The van der Waals surface area contributed by atoms with Crippen LogP contribution in [0.25, 0.3) is 0 Å². The molecule has 1 aliphatic carbocycles. The zero-order valence-corrected chi connectivity index (χ0v) is 16.4. The Balaban J connectivity index is 0.000000418. The number of morpholine rings is 1. The van der Waals surface area contributed by atoms with Crippen LogP contribution in [0.1, 0.15) is 31.5 Å². The highest BCUT2D eigenvalue weighted by atomic mass is 16.5. The molecule has 2 N–H and O–H groups in total. The lowest BCUT2D eigenvalue weighted by molar-refractivity contribution is -0.123. The molecule has 156 valence electrons. The predicted octanol–water partition coefficient (Wildman–Crippen LogP) is 1.27. The Morgan fingerprint density at radius 2 is 1.86 bits per heavy atom. The van der Waals surface area contributed by atoms with Crippen LogP contribution in [0, 0.1) is 12.8 Å². The summed E-state index contributed by atoms with van der Waals surface area (Å²) in [5.41, 5.74) is 0.0388. The van der Waals surface area contributed by atoms with Crippen LogP contribution in [0.5, 0.6) is 0 Å². The van der Waals surface area contributed by atoms with Crippen LogP contribution in [0.4, 0.5) is 5.82 Å². The van der Waals surface area contributed by atoms with Crippen molar-refractivity contribution in [3.63, 3.8) is 0 Å². The van der Waals surface area contributed by atoms with Gasteiger partial charge in [0.25, 0.3) is 12.9 Å². The van der Waals surface area contributed by atoms with Crippen molar-refractivity contribution in [1.82, 2.24) is 14.9 Å². The molecule has 2 saturated heterocycles. The second kappa shape index (κ2) is 10.9. The zero-order chi connectivity index (χ0) is 20.4. The van der Waals surface area contributed by atoms with E-state index in [0.717, 1.165) is 50.1 Å². The van der Waals surface area contributed by atoms with Crippen LogP contribution >= 0.6 is 0 Å². The minimum absolute atomic E-state index is 0.0388. The molecule has 3 aliphatic rings.